The lowest BCUT2D eigenvalue weighted by Crippen LogP contribution is -2.15. The van der Waals surface area contributed by atoms with Gasteiger partial charge in [0.15, 0.2) is 0 Å². The summed E-state index contributed by atoms with van der Waals surface area (Å²) in [6, 6.07) is 3.76. The molecule has 0 saturated carbocycles. The minimum Gasteiger partial charge on any atom is -0.477 e. The van der Waals surface area contributed by atoms with E-state index in [0.717, 1.165) is 11.3 Å². The number of hydrogen-bond acceptors (Lipinski definition) is 3. The van der Waals surface area contributed by atoms with E-state index in [9.17, 15) is 5.11 Å². The van der Waals surface area contributed by atoms with E-state index in [0.29, 0.717) is 18.9 Å². The first-order valence-corrected chi connectivity index (χ1v) is 4.06. The van der Waals surface area contributed by atoms with Crippen molar-refractivity contribution in [3.05, 3.63) is 23.4 Å². The zero-order valence-electron chi connectivity index (χ0n) is 6.95. The first kappa shape index (κ1) is 7.55. The third-order valence-corrected chi connectivity index (χ3v) is 2.02. The predicted octanol–water partition coefficient (Wildman–Crippen LogP) is 1.21. The van der Waals surface area contributed by atoms with Gasteiger partial charge in [0.25, 0.3) is 0 Å². The van der Waals surface area contributed by atoms with Crippen molar-refractivity contribution in [2.75, 3.05) is 6.61 Å². The molecule has 3 nitrogen and oxygen atoms in total. The highest BCUT2D eigenvalue weighted by atomic mass is 16.5. The molecule has 0 radical (unpaired) electrons. The molecule has 0 aliphatic carbocycles. The molecule has 12 heavy (non-hydrogen) atoms. The van der Waals surface area contributed by atoms with Crippen molar-refractivity contribution in [3.63, 3.8) is 0 Å². The van der Waals surface area contributed by atoms with Gasteiger partial charge in [-0.2, -0.15) is 0 Å². The molecule has 1 atom stereocenters. The molecule has 2 heterocycles. The highest BCUT2D eigenvalue weighted by molar-refractivity contribution is 5.31. The molecule has 1 unspecified atom stereocenters. The molecule has 1 aliphatic rings. The lowest BCUT2D eigenvalue weighted by atomic mass is 10.1. The van der Waals surface area contributed by atoms with Gasteiger partial charge in [-0.05, 0) is 19.1 Å². The third-order valence-electron chi connectivity index (χ3n) is 2.02. The summed E-state index contributed by atoms with van der Waals surface area (Å²) in [5.41, 5.74) is 1.73. The van der Waals surface area contributed by atoms with E-state index in [1.54, 1.807) is 0 Å². The maximum atomic E-state index is 9.53. The Hall–Kier alpha value is -1.09. The zero-order valence-corrected chi connectivity index (χ0v) is 6.95. The van der Waals surface area contributed by atoms with Crippen LogP contribution in [0.2, 0.25) is 0 Å². The van der Waals surface area contributed by atoms with Gasteiger partial charge in [0.2, 0.25) is 5.88 Å². The SMILES string of the molecule is Cc1ccc2c(n1)OCCC2O. The van der Waals surface area contributed by atoms with E-state index in [-0.39, 0.29) is 0 Å². The summed E-state index contributed by atoms with van der Waals surface area (Å²) < 4.78 is 5.30. The monoisotopic (exact) mass is 165 g/mol. The molecule has 1 aliphatic heterocycles. The smallest absolute Gasteiger partial charge is 0.219 e. The minimum atomic E-state index is -0.401. The second kappa shape index (κ2) is 2.75. The first-order valence-electron chi connectivity index (χ1n) is 4.06. The van der Waals surface area contributed by atoms with Gasteiger partial charge in [-0.15, -0.1) is 0 Å². The van der Waals surface area contributed by atoms with Crippen molar-refractivity contribution >= 4 is 0 Å². The van der Waals surface area contributed by atoms with Gasteiger partial charge >= 0.3 is 0 Å². The lowest BCUT2D eigenvalue weighted by molar-refractivity contribution is 0.112. The summed E-state index contributed by atoms with van der Waals surface area (Å²) >= 11 is 0. The Morgan fingerprint density at radius 2 is 2.42 bits per heavy atom. The quantitative estimate of drug-likeness (QED) is 0.628. The molecule has 3 heteroatoms. The van der Waals surface area contributed by atoms with Crippen LogP contribution in [0.1, 0.15) is 23.8 Å². The first-order chi connectivity index (χ1) is 5.77. The van der Waals surface area contributed by atoms with E-state index in [2.05, 4.69) is 4.98 Å². The fourth-order valence-corrected chi connectivity index (χ4v) is 1.34. The van der Waals surface area contributed by atoms with Crippen LogP contribution in [0.25, 0.3) is 0 Å². The predicted molar refractivity (Wildman–Crippen MR) is 44.0 cm³/mol. The molecular formula is C9H11NO2. The Morgan fingerprint density at radius 1 is 1.58 bits per heavy atom. The Bertz CT molecular complexity index is 299. The molecule has 64 valence electrons. The van der Waals surface area contributed by atoms with Crippen molar-refractivity contribution in [2.24, 2.45) is 0 Å². The van der Waals surface area contributed by atoms with Crippen molar-refractivity contribution in [2.45, 2.75) is 19.4 Å². The summed E-state index contributed by atoms with van der Waals surface area (Å²) in [4.78, 5) is 4.18. The summed E-state index contributed by atoms with van der Waals surface area (Å²) in [7, 11) is 0. The number of hydrogen-bond donors (Lipinski definition) is 1. The average Bonchev–Trinajstić information content (AvgIpc) is 2.04. The molecule has 2 rings (SSSR count). The molecule has 0 bridgehead atoms. The topological polar surface area (TPSA) is 42.4 Å². The van der Waals surface area contributed by atoms with E-state index < -0.39 is 6.10 Å². The maximum absolute atomic E-state index is 9.53. The van der Waals surface area contributed by atoms with Crippen LogP contribution in [-0.2, 0) is 0 Å². The molecule has 0 amide bonds. The summed E-state index contributed by atoms with van der Waals surface area (Å²) in [5, 5.41) is 9.53. The normalized spacial score (nSPS) is 21.3. The van der Waals surface area contributed by atoms with E-state index in [1.807, 2.05) is 19.1 Å². The Balaban J connectivity index is 2.46. The number of aromatic nitrogens is 1. The Kier molecular flexibility index (Phi) is 1.73. The fourth-order valence-electron chi connectivity index (χ4n) is 1.34. The van der Waals surface area contributed by atoms with Gasteiger partial charge < -0.3 is 9.84 Å². The second-order valence-electron chi connectivity index (χ2n) is 3.00. The van der Waals surface area contributed by atoms with Crippen molar-refractivity contribution in [1.82, 2.24) is 4.98 Å². The van der Waals surface area contributed by atoms with Crippen LogP contribution >= 0.6 is 0 Å². The Morgan fingerprint density at radius 3 is 3.25 bits per heavy atom. The number of aryl methyl sites for hydroxylation is 1. The van der Waals surface area contributed by atoms with Crippen LogP contribution in [0, 0.1) is 6.92 Å². The van der Waals surface area contributed by atoms with E-state index in [4.69, 9.17) is 4.74 Å². The zero-order chi connectivity index (χ0) is 8.55. The van der Waals surface area contributed by atoms with Crippen molar-refractivity contribution < 1.29 is 9.84 Å². The highest BCUT2D eigenvalue weighted by Crippen LogP contribution is 2.29. The number of aliphatic hydroxyl groups excluding tert-OH is 1. The van der Waals surface area contributed by atoms with Crippen LogP contribution in [0.4, 0.5) is 0 Å². The number of rotatable bonds is 0. The number of fused-ring (bicyclic) bond motifs is 1. The average molecular weight is 165 g/mol. The number of nitrogens with zero attached hydrogens (tertiary/aromatic N) is 1. The lowest BCUT2D eigenvalue weighted by Gasteiger charge is -2.20. The maximum Gasteiger partial charge on any atom is 0.219 e. The van der Waals surface area contributed by atoms with Crippen LogP contribution in [0.5, 0.6) is 5.88 Å². The van der Waals surface area contributed by atoms with Crippen LogP contribution in [0.3, 0.4) is 0 Å². The number of pyridine rings is 1. The molecule has 0 saturated heterocycles. The van der Waals surface area contributed by atoms with Crippen molar-refractivity contribution in [3.8, 4) is 5.88 Å². The highest BCUT2D eigenvalue weighted by Gasteiger charge is 2.19. The molecule has 1 N–H and O–H groups in total. The van der Waals surface area contributed by atoms with Crippen molar-refractivity contribution in [1.29, 1.82) is 0 Å². The van der Waals surface area contributed by atoms with Gasteiger partial charge in [0, 0.05) is 17.7 Å². The second-order valence-corrected chi connectivity index (χ2v) is 3.00. The van der Waals surface area contributed by atoms with Crippen LogP contribution in [0.15, 0.2) is 12.1 Å². The van der Waals surface area contributed by atoms with Gasteiger partial charge in [-0.1, -0.05) is 0 Å². The fraction of sp³-hybridized carbons (Fsp3) is 0.444. The summed E-state index contributed by atoms with van der Waals surface area (Å²) in [6.07, 6.45) is 0.263. The Labute approximate surface area is 71.0 Å². The summed E-state index contributed by atoms with van der Waals surface area (Å²) in [5.74, 6) is 0.591. The van der Waals surface area contributed by atoms with E-state index >= 15 is 0 Å². The molecule has 0 aromatic carbocycles. The molecular weight excluding hydrogens is 154 g/mol. The van der Waals surface area contributed by atoms with Gasteiger partial charge in [-0.25, -0.2) is 4.98 Å². The minimum absolute atomic E-state index is 0.401. The molecule has 0 spiro atoms. The van der Waals surface area contributed by atoms with Crippen LogP contribution in [-0.4, -0.2) is 16.7 Å². The molecule has 1 aromatic rings. The van der Waals surface area contributed by atoms with Crippen LogP contribution < -0.4 is 4.74 Å². The largest absolute Gasteiger partial charge is 0.477 e. The number of ether oxygens (including phenoxy) is 1. The summed E-state index contributed by atoms with van der Waals surface area (Å²) in [6.45, 7) is 2.47. The standard InChI is InChI=1S/C9H11NO2/c1-6-2-3-7-8(11)4-5-12-9(7)10-6/h2-3,8,11H,4-5H2,1H3. The van der Waals surface area contributed by atoms with E-state index in [1.165, 1.54) is 0 Å². The number of aliphatic hydroxyl groups is 1. The van der Waals surface area contributed by atoms with Gasteiger partial charge in [-0.3, -0.25) is 0 Å². The molecule has 1 aromatic heterocycles. The molecule has 0 fully saturated rings. The van der Waals surface area contributed by atoms with Gasteiger partial charge in [0.1, 0.15) is 0 Å². The third kappa shape index (κ3) is 1.16. The van der Waals surface area contributed by atoms with Gasteiger partial charge in [0.05, 0.1) is 12.7 Å².